The fourth-order valence-electron chi connectivity index (χ4n) is 1.92. The predicted molar refractivity (Wildman–Crippen MR) is 96.5 cm³/mol. The van der Waals surface area contributed by atoms with Crippen molar-refractivity contribution < 1.29 is 14.3 Å². The SMILES string of the molecule is CC(C)C(CNC(=O)/C=C/c1ccccc1)NC(=O)OC(C)(C)C. The molecule has 5 heteroatoms. The second kappa shape index (κ2) is 9.11. The molecule has 0 spiro atoms. The van der Waals surface area contributed by atoms with Gasteiger partial charge in [0.25, 0.3) is 0 Å². The molecule has 0 aromatic heterocycles. The fraction of sp³-hybridized carbons (Fsp3) is 0.474. The van der Waals surface area contributed by atoms with Crippen molar-refractivity contribution in [2.75, 3.05) is 6.54 Å². The summed E-state index contributed by atoms with van der Waals surface area (Å²) < 4.78 is 5.25. The second-order valence-electron chi connectivity index (χ2n) is 6.99. The third-order valence-corrected chi connectivity index (χ3v) is 3.23. The van der Waals surface area contributed by atoms with Gasteiger partial charge in [-0.25, -0.2) is 4.79 Å². The molecule has 2 amide bonds. The minimum absolute atomic E-state index is 0.163. The quantitative estimate of drug-likeness (QED) is 0.785. The summed E-state index contributed by atoms with van der Waals surface area (Å²) in [5.74, 6) is -0.0357. The molecule has 1 rings (SSSR count). The monoisotopic (exact) mass is 332 g/mol. The Morgan fingerprint density at radius 1 is 1.17 bits per heavy atom. The van der Waals surface area contributed by atoms with Crippen LogP contribution in [0.1, 0.15) is 40.2 Å². The standard InChI is InChI=1S/C19H28N2O3/c1-14(2)16(21-18(23)24-19(3,4)5)13-20-17(22)12-11-15-9-7-6-8-10-15/h6-12,14,16H,13H2,1-5H3,(H,20,22)(H,21,23)/b12-11+. The van der Waals surface area contributed by atoms with E-state index in [1.807, 2.05) is 65.0 Å². The Bertz CT molecular complexity index is 560. The molecule has 1 unspecified atom stereocenters. The summed E-state index contributed by atoms with van der Waals surface area (Å²) in [6.07, 6.45) is 2.76. The van der Waals surface area contributed by atoms with Crippen LogP contribution in [-0.4, -0.2) is 30.2 Å². The summed E-state index contributed by atoms with van der Waals surface area (Å²) in [5.41, 5.74) is 0.410. The summed E-state index contributed by atoms with van der Waals surface area (Å²) in [6.45, 7) is 9.74. The number of amides is 2. The highest BCUT2D eigenvalue weighted by molar-refractivity contribution is 5.91. The van der Waals surface area contributed by atoms with Crippen LogP contribution in [-0.2, 0) is 9.53 Å². The van der Waals surface area contributed by atoms with Gasteiger partial charge in [-0.05, 0) is 38.3 Å². The average Bonchev–Trinajstić information content (AvgIpc) is 2.48. The van der Waals surface area contributed by atoms with Crippen molar-refractivity contribution in [2.24, 2.45) is 5.92 Å². The van der Waals surface area contributed by atoms with Crippen molar-refractivity contribution in [2.45, 2.75) is 46.3 Å². The van der Waals surface area contributed by atoms with E-state index in [0.29, 0.717) is 6.54 Å². The normalized spacial score (nSPS) is 12.9. The molecule has 2 N–H and O–H groups in total. The molecule has 1 atom stereocenters. The lowest BCUT2D eigenvalue weighted by atomic mass is 10.0. The molecule has 132 valence electrons. The molecule has 24 heavy (non-hydrogen) atoms. The highest BCUT2D eigenvalue weighted by atomic mass is 16.6. The van der Waals surface area contributed by atoms with Gasteiger partial charge in [0, 0.05) is 12.6 Å². The van der Waals surface area contributed by atoms with Gasteiger partial charge >= 0.3 is 6.09 Å². The summed E-state index contributed by atoms with van der Waals surface area (Å²) >= 11 is 0. The van der Waals surface area contributed by atoms with E-state index in [9.17, 15) is 9.59 Å². The summed E-state index contributed by atoms with van der Waals surface area (Å²) in [7, 11) is 0. The van der Waals surface area contributed by atoms with Crippen LogP contribution in [0, 0.1) is 5.92 Å². The van der Waals surface area contributed by atoms with Crippen molar-refractivity contribution in [1.29, 1.82) is 0 Å². The Labute approximate surface area is 144 Å². The molecule has 0 saturated heterocycles. The van der Waals surface area contributed by atoms with E-state index < -0.39 is 11.7 Å². The molecule has 1 aromatic rings. The number of hydrogen-bond acceptors (Lipinski definition) is 3. The van der Waals surface area contributed by atoms with E-state index in [2.05, 4.69) is 10.6 Å². The van der Waals surface area contributed by atoms with Crippen LogP contribution in [0.2, 0.25) is 0 Å². The van der Waals surface area contributed by atoms with Crippen LogP contribution in [0.25, 0.3) is 6.08 Å². The molecule has 0 heterocycles. The van der Waals surface area contributed by atoms with Gasteiger partial charge in [-0.1, -0.05) is 44.2 Å². The lowest BCUT2D eigenvalue weighted by molar-refractivity contribution is -0.116. The second-order valence-corrected chi connectivity index (χ2v) is 6.99. The van der Waals surface area contributed by atoms with E-state index in [1.54, 1.807) is 6.08 Å². The van der Waals surface area contributed by atoms with Crippen molar-refractivity contribution in [1.82, 2.24) is 10.6 Å². The summed E-state index contributed by atoms with van der Waals surface area (Å²) in [6, 6.07) is 9.39. The number of carbonyl (C=O) groups excluding carboxylic acids is 2. The Hall–Kier alpha value is -2.30. The van der Waals surface area contributed by atoms with Crippen molar-refractivity contribution in [3.05, 3.63) is 42.0 Å². The van der Waals surface area contributed by atoms with Gasteiger partial charge in [-0.2, -0.15) is 0 Å². The molecule has 0 bridgehead atoms. The van der Waals surface area contributed by atoms with Gasteiger partial charge in [0.2, 0.25) is 5.91 Å². The van der Waals surface area contributed by atoms with Crippen molar-refractivity contribution >= 4 is 18.1 Å². The minimum atomic E-state index is -0.548. The van der Waals surface area contributed by atoms with E-state index in [4.69, 9.17) is 4.74 Å². The van der Waals surface area contributed by atoms with Crippen molar-refractivity contribution in [3.8, 4) is 0 Å². The van der Waals surface area contributed by atoms with Gasteiger partial charge < -0.3 is 15.4 Å². The largest absolute Gasteiger partial charge is 0.444 e. The van der Waals surface area contributed by atoms with Gasteiger partial charge in [0.15, 0.2) is 0 Å². The zero-order chi connectivity index (χ0) is 18.2. The maximum absolute atomic E-state index is 11.9. The molecular formula is C19H28N2O3. The summed E-state index contributed by atoms with van der Waals surface area (Å²) in [5, 5.41) is 5.61. The Kier molecular flexibility index (Phi) is 7.49. The molecule has 0 radical (unpaired) electrons. The number of rotatable bonds is 6. The fourth-order valence-corrected chi connectivity index (χ4v) is 1.92. The first-order valence-corrected chi connectivity index (χ1v) is 8.18. The number of carbonyl (C=O) groups is 2. The van der Waals surface area contributed by atoms with Gasteiger partial charge in [-0.3, -0.25) is 4.79 Å². The zero-order valence-corrected chi connectivity index (χ0v) is 15.1. The smallest absolute Gasteiger partial charge is 0.407 e. The first-order valence-electron chi connectivity index (χ1n) is 8.18. The van der Waals surface area contributed by atoms with E-state index >= 15 is 0 Å². The first-order chi connectivity index (χ1) is 11.2. The molecule has 0 aliphatic rings. The minimum Gasteiger partial charge on any atom is -0.444 e. The Morgan fingerprint density at radius 3 is 2.33 bits per heavy atom. The molecule has 0 saturated carbocycles. The van der Waals surface area contributed by atoms with Crippen LogP contribution < -0.4 is 10.6 Å². The predicted octanol–water partition coefficient (Wildman–Crippen LogP) is 3.37. The average molecular weight is 332 g/mol. The molecule has 5 nitrogen and oxygen atoms in total. The van der Waals surface area contributed by atoms with Crippen LogP contribution in [0.15, 0.2) is 36.4 Å². The van der Waals surface area contributed by atoms with E-state index in [0.717, 1.165) is 5.56 Å². The third kappa shape index (κ3) is 8.36. The van der Waals surface area contributed by atoms with Crippen LogP contribution in [0.3, 0.4) is 0 Å². The van der Waals surface area contributed by atoms with E-state index in [-0.39, 0.29) is 17.9 Å². The van der Waals surface area contributed by atoms with Crippen LogP contribution >= 0.6 is 0 Å². The van der Waals surface area contributed by atoms with Gasteiger partial charge in [0.05, 0.1) is 6.04 Å². The highest BCUT2D eigenvalue weighted by Crippen LogP contribution is 2.08. The molecular weight excluding hydrogens is 304 g/mol. The summed E-state index contributed by atoms with van der Waals surface area (Å²) in [4.78, 5) is 23.8. The lowest BCUT2D eigenvalue weighted by Gasteiger charge is -2.25. The Balaban J connectivity index is 2.49. The maximum atomic E-state index is 11.9. The van der Waals surface area contributed by atoms with Gasteiger partial charge in [0.1, 0.15) is 5.60 Å². The Morgan fingerprint density at radius 2 is 1.79 bits per heavy atom. The topological polar surface area (TPSA) is 67.4 Å². The van der Waals surface area contributed by atoms with Crippen LogP contribution in [0.4, 0.5) is 4.79 Å². The number of ether oxygens (including phenoxy) is 1. The van der Waals surface area contributed by atoms with E-state index in [1.165, 1.54) is 6.08 Å². The molecule has 1 aromatic carbocycles. The first kappa shape index (κ1) is 19.7. The number of benzene rings is 1. The number of nitrogens with one attached hydrogen (secondary N) is 2. The van der Waals surface area contributed by atoms with Crippen molar-refractivity contribution in [3.63, 3.8) is 0 Å². The molecule has 0 aliphatic heterocycles. The maximum Gasteiger partial charge on any atom is 0.407 e. The third-order valence-electron chi connectivity index (χ3n) is 3.23. The van der Waals surface area contributed by atoms with Crippen LogP contribution in [0.5, 0.6) is 0 Å². The lowest BCUT2D eigenvalue weighted by Crippen LogP contribution is -2.47. The highest BCUT2D eigenvalue weighted by Gasteiger charge is 2.21. The van der Waals surface area contributed by atoms with Gasteiger partial charge in [-0.15, -0.1) is 0 Å². The number of hydrogen-bond donors (Lipinski definition) is 2. The molecule has 0 fully saturated rings. The molecule has 0 aliphatic carbocycles. The number of alkyl carbamates (subject to hydrolysis) is 1. The zero-order valence-electron chi connectivity index (χ0n) is 15.1.